The first-order chi connectivity index (χ1) is 8.05. The van der Waals surface area contributed by atoms with Crippen molar-refractivity contribution in [3.05, 3.63) is 29.8 Å². The van der Waals surface area contributed by atoms with E-state index in [9.17, 15) is 8.42 Å². The van der Waals surface area contributed by atoms with Crippen LogP contribution in [0, 0.1) is 6.92 Å². The standard InChI is InChI=1S/C13H21NO2S/c1-3-4-10-17(15,16)11-9-14-13-8-6-5-7-12(13)2/h5-8,14H,3-4,9-11H2,1-2H3. The molecule has 0 fully saturated rings. The van der Waals surface area contributed by atoms with E-state index in [0.29, 0.717) is 12.3 Å². The number of nitrogens with one attached hydrogen (secondary N) is 1. The Bertz CT molecular complexity index is 440. The minimum Gasteiger partial charge on any atom is -0.384 e. The summed E-state index contributed by atoms with van der Waals surface area (Å²) in [6.45, 7) is 4.49. The highest BCUT2D eigenvalue weighted by molar-refractivity contribution is 7.91. The van der Waals surface area contributed by atoms with Crippen LogP contribution in [0.25, 0.3) is 0 Å². The molecule has 1 aromatic rings. The number of rotatable bonds is 7. The van der Waals surface area contributed by atoms with Crippen LogP contribution in [0.2, 0.25) is 0 Å². The van der Waals surface area contributed by atoms with E-state index in [-0.39, 0.29) is 5.75 Å². The van der Waals surface area contributed by atoms with E-state index in [1.165, 1.54) is 0 Å². The van der Waals surface area contributed by atoms with Gasteiger partial charge < -0.3 is 5.32 Å². The minimum absolute atomic E-state index is 0.210. The third-order valence-electron chi connectivity index (χ3n) is 2.68. The highest BCUT2D eigenvalue weighted by Gasteiger charge is 2.09. The van der Waals surface area contributed by atoms with E-state index < -0.39 is 9.84 Å². The molecule has 0 unspecified atom stereocenters. The Kier molecular flexibility index (Phi) is 5.48. The van der Waals surface area contributed by atoms with Gasteiger partial charge in [0.25, 0.3) is 0 Å². The van der Waals surface area contributed by atoms with Gasteiger partial charge in [-0.05, 0) is 25.0 Å². The molecule has 1 rings (SSSR count). The zero-order chi connectivity index (χ0) is 12.7. The summed E-state index contributed by atoms with van der Waals surface area (Å²) in [5.41, 5.74) is 2.15. The summed E-state index contributed by atoms with van der Waals surface area (Å²) in [7, 11) is -2.89. The molecule has 96 valence electrons. The number of aryl methyl sites for hydroxylation is 1. The van der Waals surface area contributed by atoms with Gasteiger partial charge in [-0.3, -0.25) is 0 Å². The Morgan fingerprint density at radius 3 is 2.53 bits per heavy atom. The smallest absolute Gasteiger partial charge is 0.152 e. The molecule has 0 aliphatic heterocycles. The second-order valence-electron chi connectivity index (χ2n) is 4.25. The number of anilines is 1. The molecule has 0 atom stereocenters. The maximum absolute atomic E-state index is 11.6. The van der Waals surface area contributed by atoms with Crippen molar-refractivity contribution >= 4 is 15.5 Å². The van der Waals surface area contributed by atoms with Crippen molar-refractivity contribution in [2.75, 3.05) is 23.4 Å². The van der Waals surface area contributed by atoms with Crippen LogP contribution in [0.3, 0.4) is 0 Å². The molecule has 17 heavy (non-hydrogen) atoms. The Balaban J connectivity index is 2.40. The third kappa shape index (κ3) is 5.22. The molecule has 3 nitrogen and oxygen atoms in total. The fourth-order valence-electron chi connectivity index (χ4n) is 1.58. The van der Waals surface area contributed by atoms with E-state index in [1.54, 1.807) is 0 Å². The van der Waals surface area contributed by atoms with Gasteiger partial charge in [0.1, 0.15) is 0 Å². The van der Waals surface area contributed by atoms with Crippen molar-refractivity contribution < 1.29 is 8.42 Å². The molecule has 0 radical (unpaired) electrons. The highest BCUT2D eigenvalue weighted by Crippen LogP contribution is 2.12. The minimum atomic E-state index is -2.89. The van der Waals surface area contributed by atoms with Crippen molar-refractivity contribution in [3.8, 4) is 0 Å². The molecule has 1 aromatic carbocycles. The lowest BCUT2D eigenvalue weighted by atomic mass is 10.2. The van der Waals surface area contributed by atoms with E-state index in [1.807, 2.05) is 38.1 Å². The van der Waals surface area contributed by atoms with Gasteiger partial charge in [-0.2, -0.15) is 0 Å². The second-order valence-corrected chi connectivity index (χ2v) is 6.55. The largest absolute Gasteiger partial charge is 0.384 e. The van der Waals surface area contributed by atoms with Crippen LogP contribution < -0.4 is 5.32 Å². The SMILES string of the molecule is CCCCS(=O)(=O)CCNc1ccccc1C. The van der Waals surface area contributed by atoms with Crippen LogP contribution in [0.1, 0.15) is 25.3 Å². The average molecular weight is 255 g/mol. The molecule has 0 bridgehead atoms. The lowest BCUT2D eigenvalue weighted by Crippen LogP contribution is -2.18. The molecule has 1 N–H and O–H groups in total. The van der Waals surface area contributed by atoms with E-state index in [4.69, 9.17) is 0 Å². The molecular weight excluding hydrogens is 234 g/mol. The lowest BCUT2D eigenvalue weighted by molar-refractivity contribution is 0.593. The van der Waals surface area contributed by atoms with Crippen molar-refractivity contribution in [2.45, 2.75) is 26.7 Å². The Morgan fingerprint density at radius 1 is 1.18 bits per heavy atom. The molecule has 0 heterocycles. The first-order valence-electron chi connectivity index (χ1n) is 6.05. The topological polar surface area (TPSA) is 46.2 Å². The summed E-state index contributed by atoms with van der Waals surface area (Å²) in [6.07, 6.45) is 1.68. The predicted molar refractivity (Wildman–Crippen MR) is 73.2 cm³/mol. The summed E-state index contributed by atoms with van der Waals surface area (Å²) in [4.78, 5) is 0. The summed E-state index contributed by atoms with van der Waals surface area (Å²) in [6, 6.07) is 7.89. The van der Waals surface area contributed by atoms with Gasteiger partial charge in [0.05, 0.1) is 11.5 Å². The van der Waals surface area contributed by atoms with Gasteiger partial charge in [-0.25, -0.2) is 8.42 Å². The van der Waals surface area contributed by atoms with Crippen molar-refractivity contribution in [2.24, 2.45) is 0 Å². The van der Waals surface area contributed by atoms with Crippen molar-refractivity contribution in [1.29, 1.82) is 0 Å². The zero-order valence-electron chi connectivity index (χ0n) is 10.6. The quantitative estimate of drug-likeness (QED) is 0.814. The van der Waals surface area contributed by atoms with Gasteiger partial charge in [0.2, 0.25) is 0 Å². The Morgan fingerprint density at radius 2 is 1.88 bits per heavy atom. The van der Waals surface area contributed by atoms with Crippen molar-refractivity contribution in [3.63, 3.8) is 0 Å². The molecule has 0 saturated heterocycles. The number of hydrogen-bond donors (Lipinski definition) is 1. The maximum Gasteiger partial charge on any atom is 0.152 e. The van der Waals surface area contributed by atoms with Crippen LogP contribution >= 0.6 is 0 Å². The van der Waals surface area contributed by atoms with E-state index >= 15 is 0 Å². The van der Waals surface area contributed by atoms with Gasteiger partial charge in [0.15, 0.2) is 9.84 Å². The van der Waals surface area contributed by atoms with Crippen LogP contribution in [0.4, 0.5) is 5.69 Å². The normalized spacial score (nSPS) is 11.4. The first kappa shape index (κ1) is 14.0. The maximum atomic E-state index is 11.6. The lowest BCUT2D eigenvalue weighted by Gasteiger charge is -2.09. The third-order valence-corrected chi connectivity index (χ3v) is 4.42. The van der Waals surface area contributed by atoms with Crippen LogP contribution in [-0.4, -0.2) is 26.5 Å². The van der Waals surface area contributed by atoms with Crippen LogP contribution in [0.5, 0.6) is 0 Å². The highest BCUT2D eigenvalue weighted by atomic mass is 32.2. The molecular formula is C13H21NO2S. The summed E-state index contributed by atoms with van der Waals surface area (Å²) < 4.78 is 23.2. The number of benzene rings is 1. The number of sulfone groups is 1. The van der Waals surface area contributed by atoms with Gasteiger partial charge in [-0.1, -0.05) is 31.5 Å². The molecule has 0 aliphatic rings. The first-order valence-corrected chi connectivity index (χ1v) is 7.87. The number of unbranched alkanes of at least 4 members (excludes halogenated alkanes) is 1. The molecule has 0 aliphatic carbocycles. The second kappa shape index (κ2) is 6.64. The zero-order valence-corrected chi connectivity index (χ0v) is 11.4. The van der Waals surface area contributed by atoms with Gasteiger partial charge in [0, 0.05) is 12.2 Å². The van der Waals surface area contributed by atoms with E-state index in [0.717, 1.165) is 24.1 Å². The predicted octanol–water partition coefficient (Wildman–Crippen LogP) is 2.62. The molecule has 0 spiro atoms. The molecule has 0 saturated carbocycles. The Labute approximate surface area is 104 Å². The monoisotopic (exact) mass is 255 g/mol. The van der Waals surface area contributed by atoms with E-state index in [2.05, 4.69) is 5.32 Å². The average Bonchev–Trinajstić information content (AvgIpc) is 2.29. The van der Waals surface area contributed by atoms with Crippen LogP contribution in [-0.2, 0) is 9.84 Å². The summed E-state index contributed by atoms with van der Waals surface area (Å²) in [5.74, 6) is 0.514. The fourth-order valence-corrected chi connectivity index (χ4v) is 2.92. The molecule has 0 aromatic heterocycles. The number of para-hydroxylation sites is 1. The fraction of sp³-hybridized carbons (Fsp3) is 0.538. The van der Waals surface area contributed by atoms with Gasteiger partial charge in [-0.15, -0.1) is 0 Å². The molecule has 0 amide bonds. The molecule has 4 heteroatoms. The van der Waals surface area contributed by atoms with Gasteiger partial charge >= 0.3 is 0 Å². The van der Waals surface area contributed by atoms with Crippen molar-refractivity contribution in [1.82, 2.24) is 0 Å². The van der Waals surface area contributed by atoms with Crippen LogP contribution in [0.15, 0.2) is 24.3 Å². The summed E-state index contributed by atoms with van der Waals surface area (Å²) >= 11 is 0. The number of hydrogen-bond acceptors (Lipinski definition) is 3. The summed E-state index contributed by atoms with van der Waals surface area (Å²) in [5, 5.41) is 3.17. The Hall–Kier alpha value is -1.03.